The molecule has 7 heteroatoms. The highest BCUT2D eigenvalue weighted by atomic mass is 16.4. The van der Waals surface area contributed by atoms with E-state index in [9.17, 15) is 14.4 Å². The molecule has 0 bridgehead atoms. The number of rotatable bonds is 8. The zero-order chi connectivity index (χ0) is 26.9. The van der Waals surface area contributed by atoms with Crippen molar-refractivity contribution >= 4 is 39.3 Å². The van der Waals surface area contributed by atoms with E-state index in [1.54, 1.807) is 19.1 Å². The summed E-state index contributed by atoms with van der Waals surface area (Å²) in [6, 6.07) is 17.4. The summed E-state index contributed by atoms with van der Waals surface area (Å²) in [6.45, 7) is 7.26. The van der Waals surface area contributed by atoms with Crippen LogP contribution < -0.4 is 10.9 Å². The maximum Gasteiger partial charge on any atom is 0.348 e. The summed E-state index contributed by atoms with van der Waals surface area (Å²) in [5, 5.41) is 5.26. The number of carbonyl (C=O) groups excluding carboxylic acids is 2. The molecular formula is C31H35N3O4. The fourth-order valence-electron chi connectivity index (χ4n) is 5.70. The Hall–Kier alpha value is -3.87. The third-order valence-corrected chi connectivity index (χ3v) is 7.86. The topological polar surface area (TPSA) is 84.5 Å². The summed E-state index contributed by atoms with van der Waals surface area (Å²) in [5.74, 6) is -0.139. The van der Waals surface area contributed by atoms with E-state index in [0.29, 0.717) is 37.3 Å². The van der Waals surface area contributed by atoms with Crippen LogP contribution in [0.15, 0.2) is 63.8 Å². The fraction of sp³-hybridized carbons (Fsp3) is 0.387. The van der Waals surface area contributed by atoms with Gasteiger partial charge in [0, 0.05) is 47.0 Å². The van der Waals surface area contributed by atoms with E-state index in [-0.39, 0.29) is 11.5 Å². The molecule has 1 atom stereocenters. The maximum atomic E-state index is 13.6. The van der Waals surface area contributed by atoms with Crippen LogP contribution in [-0.2, 0) is 17.8 Å². The lowest BCUT2D eigenvalue weighted by molar-refractivity contribution is -0.124. The van der Waals surface area contributed by atoms with Gasteiger partial charge in [-0.05, 0) is 69.5 Å². The van der Waals surface area contributed by atoms with Crippen molar-refractivity contribution < 1.29 is 14.0 Å². The van der Waals surface area contributed by atoms with Crippen molar-refractivity contribution in [2.45, 2.75) is 71.4 Å². The molecule has 1 aliphatic heterocycles. The third-order valence-electron chi connectivity index (χ3n) is 7.86. The molecule has 2 amide bonds. The van der Waals surface area contributed by atoms with Crippen LogP contribution in [0.5, 0.6) is 0 Å². The van der Waals surface area contributed by atoms with Crippen molar-refractivity contribution in [2.75, 3.05) is 11.9 Å². The molecule has 1 saturated heterocycles. The van der Waals surface area contributed by atoms with Crippen LogP contribution in [0, 0.1) is 0 Å². The number of unbranched alkanes of at least 4 members (excludes halogenated alkanes) is 2. The first-order valence-electron chi connectivity index (χ1n) is 13.6. The lowest BCUT2D eigenvalue weighted by Gasteiger charge is -2.33. The molecule has 0 aliphatic carbocycles. The number of benzene rings is 2. The summed E-state index contributed by atoms with van der Waals surface area (Å²) in [5.41, 5.74) is 1.20. The van der Waals surface area contributed by atoms with E-state index in [1.165, 1.54) is 4.90 Å². The average Bonchev–Trinajstić information content (AvgIpc) is 3.47. The molecule has 2 aromatic heterocycles. The molecule has 1 aliphatic rings. The van der Waals surface area contributed by atoms with Crippen LogP contribution in [0.3, 0.4) is 0 Å². The molecule has 4 aromatic rings. The van der Waals surface area contributed by atoms with Crippen molar-refractivity contribution in [3.05, 3.63) is 76.3 Å². The largest absolute Gasteiger partial charge is 0.427 e. The highest BCUT2D eigenvalue weighted by Crippen LogP contribution is 2.34. The predicted octanol–water partition coefficient (Wildman–Crippen LogP) is 6.13. The van der Waals surface area contributed by atoms with Crippen molar-refractivity contribution in [1.82, 2.24) is 9.47 Å². The van der Waals surface area contributed by atoms with Crippen molar-refractivity contribution in [3.63, 3.8) is 0 Å². The zero-order valence-electron chi connectivity index (χ0n) is 22.4. The number of para-hydroxylation sites is 1. The summed E-state index contributed by atoms with van der Waals surface area (Å²) < 4.78 is 7.70. The van der Waals surface area contributed by atoms with E-state index in [2.05, 4.69) is 35.9 Å². The van der Waals surface area contributed by atoms with Gasteiger partial charge in [0.25, 0.3) is 5.91 Å². The van der Waals surface area contributed by atoms with Gasteiger partial charge in [0.15, 0.2) is 0 Å². The van der Waals surface area contributed by atoms with E-state index >= 15 is 0 Å². The number of aromatic nitrogens is 1. The first-order chi connectivity index (χ1) is 18.4. The van der Waals surface area contributed by atoms with Gasteiger partial charge in [-0.3, -0.25) is 9.59 Å². The SMILES string of the molecule is CCCCCc1ccc(C(=O)N2CCCC2(C)C(=O)Nc2ccc3c(c2)c2ccccc2n3CC)c(=O)o1. The minimum Gasteiger partial charge on any atom is -0.427 e. The Bertz CT molecular complexity index is 1570. The molecule has 2 aromatic carbocycles. The molecule has 0 spiro atoms. The van der Waals surface area contributed by atoms with Gasteiger partial charge in [-0.1, -0.05) is 38.0 Å². The number of nitrogens with zero attached hydrogens (tertiary/aromatic N) is 2. The van der Waals surface area contributed by atoms with Gasteiger partial charge in [0.05, 0.1) is 0 Å². The Morgan fingerprint density at radius 2 is 1.79 bits per heavy atom. The second-order valence-electron chi connectivity index (χ2n) is 10.3. The zero-order valence-corrected chi connectivity index (χ0v) is 22.4. The molecular weight excluding hydrogens is 478 g/mol. The number of likely N-dealkylation sites (tertiary alicyclic amines) is 1. The lowest BCUT2D eigenvalue weighted by Crippen LogP contribution is -2.53. The Balaban J connectivity index is 1.38. The number of amides is 2. The third kappa shape index (κ3) is 4.51. The first-order valence-corrected chi connectivity index (χ1v) is 13.6. The molecule has 198 valence electrons. The van der Waals surface area contributed by atoms with Crippen molar-refractivity contribution in [1.29, 1.82) is 0 Å². The van der Waals surface area contributed by atoms with E-state index in [0.717, 1.165) is 47.6 Å². The van der Waals surface area contributed by atoms with Crippen LogP contribution in [0.25, 0.3) is 21.8 Å². The summed E-state index contributed by atoms with van der Waals surface area (Å²) in [6.07, 6.45) is 4.93. The van der Waals surface area contributed by atoms with Crippen LogP contribution in [-0.4, -0.2) is 33.4 Å². The normalized spacial score (nSPS) is 17.4. The minimum absolute atomic E-state index is 0.0287. The quantitative estimate of drug-likeness (QED) is 0.287. The fourth-order valence-corrected chi connectivity index (χ4v) is 5.70. The molecule has 0 radical (unpaired) electrons. The summed E-state index contributed by atoms with van der Waals surface area (Å²) >= 11 is 0. The van der Waals surface area contributed by atoms with Gasteiger partial charge in [0.2, 0.25) is 5.91 Å². The van der Waals surface area contributed by atoms with E-state index in [4.69, 9.17) is 4.42 Å². The van der Waals surface area contributed by atoms with Crippen LogP contribution >= 0.6 is 0 Å². The van der Waals surface area contributed by atoms with Gasteiger partial charge in [0.1, 0.15) is 16.9 Å². The van der Waals surface area contributed by atoms with Crippen molar-refractivity contribution in [2.24, 2.45) is 0 Å². The number of fused-ring (bicyclic) bond motifs is 3. The molecule has 1 fully saturated rings. The molecule has 5 rings (SSSR count). The number of hydrogen-bond donors (Lipinski definition) is 1. The highest BCUT2D eigenvalue weighted by molar-refractivity contribution is 6.10. The second kappa shape index (κ2) is 10.5. The summed E-state index contributed by atoms with van der Waals surface area (Å²) in [7, 11) is 0. The highest BCUT2D eigenvalue weighted by Gasteiger charge is 2.46. The van der Waals surface area contributed by atoms with Gasteiger partial charge in [-0.25, -0.2) is 4.79 Å². The first kappa shape index (κ1) is 25.8. The van der Waals surface area contributed by atoms with Gasteiger partial charge >= 0.3 is 5.63 Å². The number of aryl methyl sites for hydroxylation is 2. The minimum atomic E-state index is -1.07. The number of anilines is 1. The van der Waals surface area contributed by atoms with Crippen molar-refractivity contribution in [3.8, 4) is 0 Å². The maximum absolute atomic E-state index is 13.6. The molecule has 1 unspecified atom stereocenters. The number of nitrogens with one attached hydrogen (secondary N) is 1. The Labute approximate surface area is 222 Å². The molecule has 3 heterocycles. The Kier molecular flexibility index (Phi) is 7.11. The van der Waals surface area contributed by atoms with Crippen LogP contribution in [0.4, 0.5) is 5.69 Å². The average molecular weight is 514 g/mol. The molecule has 38 heavy (non-hydrogen) atoms. The van der Waals surface area contributed by atoms with Gasteiger partial charge < -0.3 is 19.2 Å². The van der Waals surface area contributed by atoms with E-state index < -0.39 is 17.1 Å². The van der Waals surface area contributed by atoms with Crippen LogP contribution in [0.2, 0.25) is 0 Å². The van der Waals surface area contributed by atoms with Gasteiger partial charge in [-0.15, -0.1) is 0 Å². The molecule has 7 nitrogen and oxygen atoms in total. The standard InChI is InChI=1S/C31H35N3O4/c1-4-6-7-11-22-15-16-24(29(36)38-22)28(35)34-19-10-18-31(34,3)30(37)32-21-14-17-27-25(20-21)23-12-8-9-13-26(23)33(27)5-2/h8-9,12-17,20H,4-7,10-11,18-19H2,1-3H3,(H,32,37). The number of carbonyl (C=O) groups is 2. The number of hydrogen-bond acceptors (Lipinski definition) is 4. The van der Waals surface area contributed by atoms with Gasteiger partial charge in [-0.2, -0.15) is 0 Å². The predicted molar refractivity (Wildman–Crippen MR) is 151 cm³/mol. The molecule has 0 saturated carbocycles. The lowest BCUT2D eigenvalue weighted by atomic mass is 9.96. The van der Waals surface area contributed by atoms with Crippen LogP contribution in [0.1, 0.15) is 69.0 Å². The Morgan fingerprint density at radius 3 is 2.55 bits per heavy atom. The van der Waals surface area contributed by atoms with E-state index in [1.807, 2.05) is 30.3 Å². The smallest absolute Gasteiger partial charge is 0.348 e. The summed E-state index contributed by atoms with van der Waals surface area (Å²) in [4.78, 5) is 41.3. The monoisotopic (exact) mass is 513 g/mol. The molecule has 1 N–H and O–H groups in total. The second-order valence-corrected chi connectivity index (χ2v) is 10.3. The Morgan fingerprint density at radius 1 is 1.00 bits per heavy atom.